The van der Waals surface area contributed by atoms with Gasteiger partial charge in [-0.2, -0.15) is 5.26 Å². The number of thioether (sulfide) groups is 1. The zero-order valence-corrected chi connectivity index (χ0v) is 17.5. The van der Waals surface area contributed by atoms with Crippen LogP contribution in [0.2, 0.25) is 15.1 Å². The highest BCUT2D eigenvalue weighted by Crippen LogP contribution is 2.35. The molecule has 142 valence electrons. The SMILES string of the molecule is CSc1nc(-c2cc(Cl)ccc2OCc2c(Cl)cccc2Cl)c(C#N)c(=O)[nH]1. The molecule has 1 heterocycles. The first-order valence-corrected chi connectivity index (χ1v) is 10.2. The summed E-state index contributed by atoms with van der Waals surface area (Å²) in [6.45, 7) is 0.0909. The van der Waals surface area contributed by atoms with Crippen LogP contribution in [0.25, 0.3) is 11.3 Å². The molecule has 28 heavy (non-hydrogen) atoms. The summed E-state index contributed by atoms with van der Waals surface area (Å²) in [6, 6.07) is 11.9. The van der Waals surface area contributed by atoms with Crippen LogP contribution in [0, 0.1) is 11.3 Å². The number of nitrogens with one attached hydrogen (secondary N) is 1. The summed E-state index contributed by atoms with van der Waals surface area (Å²) in [6.07, 6.45) is 1.77. The van der Waals surface area contributed by atoms with Crippen molar-refractivity contribution in [1.29, 1.82) is 5.26 Å². The van der Waals surface area contributed by atoms with Crippen LogP contribution in [0.15, 0.2) is 46.3 Å². The van der Waals surface area contributed by atoms with E-state index >= 15 is 0 Å². The first kappa shape index (κ1) is 20.6. The van der Waals surface area contributed by atoms with Gasteiger partial charge in [-0.3, -0.25) is 4.79 Å². The molecule has 9 heteroatoms. The number of aromatic amines is 1. The number of nitrogens with zero attached hydrogens (tertiary/aromatic N) is 2. The zero-order chi connectivity index (χ0) is 20.3. The lowest BCUT2D eigenvalue weighted by molar-refractivity contribution is 0.307. The average molecular weight is 453 g/mol. The van der Waals surface area contributed by atoms with Crippen LogP contribution >= 0.6 is 46.6 Å². The van der Waals surface area contributed by atoms with E-state index in [9.17, 15) is 10.1 Å². The van der Waals surface area contributed by atoms with Gasteiger partial charge >= 0.3 is 0 Å². The molecule has 3 rings (SSSR count). The Morgan fingerprint density at radius 1 is 1.21 bits per heavy atom. The summed E-state index contributed by atoms with van der Waals surface area (Å²) in [5.41, 5.74) is 0.584. The number of H-pyrrole nitrogens is 1. The van der Waals surface area contributed by atoms with Crippen LogP contribution in [-0.2, 0) is 6.61 Å². The lowest BCUT2D eigenvalue weighted by Crippen LogP contribution is -2.15. The molecule has 0 saturated carbocycles. The predicted molar refractivity (Wildman–Crippen MR) is 113 cm³/mol. The minimum atomic E-state index is -0.531. The molecule has 0 aliphatic rings. The standard InChI is InChI=1S/C19H12Cl3N3O2S/c1-28-19-24-17(12(8-23)18(26)25-19)11-7-10(20)5-6-16(11)27-9-13-14(21)3-2-4-15(13)22/h2-7H,9H2,1H3,(H,24,25,26). The zero-order valence-electron chi connectivity index (χ0n) is 14.4. The highest BCUT2D eigenvalue weighted by Gasteiger charge is 2.18. The van der Waals surface area contributed by atoms with E-state index in [4.69, 9.17) is 39.5 Å². The second kappa shape index (κ2) is 8.89. The van der Waals surface area contributed by atoms with E-state index in [0.29, 0.717) is 37.1 Å². The summed E-state index contributed by atoms with van der Waals surface area (Å²) in [7, 11) is 0. The van der Waals surface area contributed by atoms with Crippen LogP contribution in [0.3, 0.4) is 0 Å². The molecule has 0 amide bonds. The average Bonchev–Trinajstić information content (AvgIpc) is 2.67. The molecule has 0 spiro atoms. The Hall–Kier alpha value is -2.17. The van der Waals surface area contributed by atoms with Crippen molar-refractivity contribution >= 4 is 46.6 Å². The Balaban J connectivity index is 2.09. The summed E-state index contributed by atoms with van der Waals surface area (Å²) < 4.78 is 5.91. The van der Waals surface area contributed by atoms with E-state index in [0.717, 1.165) is 0 Å². The van der Waals surface area contributed by atoms with Crippen molar-refractivity contribution < 1.29 is 4.74 Å². The molecule has 0 saturated heterocycles. The maximum Gasteiger partial charge on any atom is 0.270 e. The van der Waals surface area contributed by atoms with Gasteiger partial charge in [0.1, 0.15) is 29.7 Å². The van der Waals surface area contributed by atoms with Gasteiger partial charge in [-0.15, -0.1) is 0 Å². The molecule has 1 N–H and O–H groups in total. The minimum Gasteiger partial charge on any atom is -0.488 e. The summed E-state index contributed by atoms with van der Waals surface area (Å²) >= 11 is 19.8. The Bertz CT molecular complexity index is 1120. The fourth-order valence-corrected chi connectivity index (χ4v) is 3.54. The van der Waals surface area contributed by atoms with Crippen molar-refractivity contribution in [1.82, 2.24) is 9.97 Å². The molecule has 0 aliphatic carbocycles. The third-order valence-corrected chi connectivity index (χ3v) is 5.36. The summed E-state index contributed by atoms with van der Waals surface area (Å²) in [4.78, 5) is 19.2. The Labute approximate surface area is 180 Å². The molecule has 0 radical (unpaired) electrons. The first-order chi connectivity index (χ1) is 13.4. The van der Waals surface area contributed by atoms with Crippen molar-refractivity contribution in [2.75, 3.05) is 6.26 Å². The van der Waals surface area contributed by atoms with Gasteiger partial charge in [0.05, 0.1) is 0 Å². The van der Waals surface area contributed by atoms with E-state index in [1.807, 2.05) is 6.07 Å². The Kier molecular flexibility index (Phi) is 6.53. The smallest absolute Gasteiger partial charge is 0.270 e. The molecule has 0 aliphatic heterocycles. The number of hydrogen-bond acceptors (Lipinski definition) is 5. The van der Waals surface area contributed by atoms with Crippen molar-refractivity contribution in [3.63, 3.8) is 0 Å². The maximum absolute atomic E-state index is 12.2. The molecule has 5 nitrogen and oxygen atoms in total. The van der Waals surface area contributed by atoms with Crippen LogP contribution in [0.4, 0.5) is 0 Å². The lowest BCUT2D eigenvalue weighted by atomic mass is 10.1. The monoisotopic (exact) mass is 451 g/mol. The van der Waals surface area contributed by atoms with Crippen LogP contribution in [-0.4, -0.2) is 16.2 Å². The van der Waals surface area contributed by atoms with Crippen molar-refractivity contribution in [3.8, 4) is 23.1 Å². The molecule has 1 aromatic heterocycles. The van der Waals surface area contributed by atoms with Crippen molar-refractivity contribution in [2.24, 2.45) is 0 Å². The maximum atomic E-state index is 12.2. The van der Waals surface area contributed by atoms with Crippen LogP contribution in [0.5, 0.6) is 5.75 Å². The van der Waals surface area contributed by atoms with E-state index in [2.05, 4.69) is 9.97 Å². The lowest BCUT2D eigenvalue weighted by Gasteiger charge is -2.14. The molecular weight excluding hydrogens is 441 g/mol. The number of rotatable bonds is 5. The second-order valence-corrected chi connectivity index (χ2v) is 7.59. The van der Waals surface area contributed by atoms with Gasteiger partial charge in [-0.25, -0.2) is 4.98 Å². The number of aromatic nitrogens is 2. The normalized spacial score (nSPS) is 10.5. The van der Waals surface area contributed by atoms with E-state index in [1.165, 1.54) is 11.8 Å². The Morgan fingerprint density at radius 2 is 1.93 bits per heavy atom. The molecule has 0 bridgehead atoms. The third kappa shape index (κ3) is 4.29. The third-order valence-electron chi connectivity index (χ3n) is 3.83. The predicted octanol–water partition coefficient (Wildman–Crippen LogP) is 5.57. The van der Waals surface area contributed by atoms with Crippen molar-refractivity contribution in [3.05, 3.63) is 72.9 Å². The van der Waals surface area contributed by atoms with Gasteiger partial charge in [0.25, 0.3) is 5.56 Å². The van der Waals surface area contributed by atoms with E-state index < -0.39 is 5.56 Å². The number of nitriles is 1. The van der Waals surface area contributed by atoms with Gasteiger partial charge in [-0.1, -0.05) is 52.6 Å². The van der Waals surface area contributed by atoms with Crippen LogP contribution in [0.1, 0.15) is 11.1 Å². The van der Waals surface area contributed by atoms with E-state index in [-0.39, 0.29) is 17.9 Å². The number of ether oxygens (including phenoxy) is 1. The Morgan fingerprint density at radius 3 is 2.57 bits per heavy atom. The fourth-order valence-electron chi connectivity index (χ4n) is 2.48. The molecular formula is C19H12Cl3N3O2S. The van der Waals surface area contributed by atoms with Gasteiger partial charge in [0.15, 0.2) is 5.16 Å². The molecule has 2 aromatic carbocycles. The second-order valence-electron chi connectivity index (χ2n) is 5.54. The molecule has 0 unspecified atom stereocenters. The topological polar surface area (TPSA) is 78.8 Å². The quantitative estimate of drug-likeness (QED) is 0.404. The van der Waals surface area contributed by atoms with Gasteiger partial charge in [0.2, 0.25) is 0 Å². The first-order valence-electron chi connectivity index (χ1n) is 7.88. The minimum absolute atomic E-state index is 0.0909. The number of hydrogen-bond donors (Lipinski definition) is 1. The number of halogens is 3. The van der Waals surface area contributed by atoms with Gasteiger partial charge in [-0.05, 0) is 36.6 Å². The molecule has 3 aromatic rings. The van der Waals surface area contributed by atoms with E-state index in [1.54, 1.807) is 42.7 Å². The fraction of sp³-hybridized carbons (Fsp3) is 0.105. The van der Waals surface area contributed by atoms with Gasteiger partial charge in [0, 0.05) is 26.2 Å². The highest BCUT2D eigenvalue weighted by molar-refractivity contribution is 7.98. The molecule has 0 atom stereocenters. The summed E-state index contributed by atoms with van der Waals surface area (Å²) in [5.74, 6) is 0.391. The highest BCUT2D eigenvalue weighted by atomic mass is 35.5. The number of benzene rings is 2. The van der Waals surface area contributed by atoms with Gasteiger partial charge < -0.3 is 9.72 Å². The molecule has 0 fully saturated rings. The van der Waals surface area contributed by atoms with Crippen molar-refractivity contribution in [2.45, 2.75) is 11.8 Å². The van der Waals surface area contributed by atoms with Crippen LogP contribution < -0.4 is 10.3 Å². The summed E-state index contributed by atoms with van der Waals surface area (Å²) in [5, 5.41) is 11.2. The largest absolute Gasteiger partial charge is 0.488 e.